The maximum absolute atomic E-state index is 6.33. The molecule has 0 spiro atoms. The molecule has 0 saturated heterocycles. The number of hydrogen-bond donors (Lipinski definition) is 0. The molecule has 0 aromatic heterocycles. The zero-order valence-corrected chi connectivity index (χ0v) is 17.9. The Labute approximate surface area is 167 Å². The molecule has 0 aliphatic heterocycles. The minimum Gasteiger partial charge on any atom is -1.00 e. The average Bonchev–Trinajstić information content (AvgIpc) is 2.55. The lowest BCUT2D eigenvalue weighted by Crippen LogP contribution is -3.00. The summed E-state index contributed by atoms with van der Waals surface area (Å²) >= 11 is 8.78. The molecule has 1 atom stereocenters. The smallest absolute Gasteiger partial charge is 0.200 e. The summed E-state index contributed by atoms with van der Waals surface area (Å²) in [6, 6.07) is 8.17. The summed E-state index contributed by atoms with van der Waals surface area (Å²) in [5.74, 6) is 3.00. The normalized spacial score (nSPS) is 12.3. The van der Waals surface area contributed by atoms with Gasteiger partial charge in [0, 0.05) is 34.0 Å². The van der Waals surface area contributed by atoms with Crippen LogP contribution in [0, 0.1) is 12.3 Å². The molecule has 1 aromatic rings. The molecule has 4 heteroatoms. The minimum atomic E-state index is 0. The fourth-order valence-electron chi connectivity index (χ4n) is 2.82. The molecule has 0 saturated carbocycles. The maximum Gasteiger partial charge on any atom is 0.200 e. The standard InChI is InChI=1S/C19H28ClIN.ClH/c1-4-7-14-22(15-8-5-2,19(21)6-3)16-13-17-11-9-10-12-18(17)20;/h3,9-12,19H,4-5,7-8,13-16H2,1-2H3;1H/q+1;/p-1. The lowest BCUT2D eigenvalue weighted by atomic mass is 10.1. The van der Waals surface area contributed by atoms with E-state index in [4.69, 9.17) is 18.0 Å². The topological polar surface area (TPSA) is 0 Å². The summed E-state index contributed by atoms with van der Waals surface area (Å²) in [6.07, 6.45) is 11.7. The van der Waals surface area contributed by atoms with Gasteiger partial charge in [0.2, 0.25) is 4.05 Å². The first kappa shape index (κ1) is 23.1. The van der Waals surface area contributed by atoms with Gasteiger partial charge in [-0.1, -0.05) is 56.5 Å². The van der Waals surface area contributed by atoms with Crippen molar-refractivity contribution in [1.29, 1.82) is 0 Å². The third kappa shape index (κ3) is 7.22. The number of halogens is 3. The average molecular weight is 468 g/mol. The van der Waals surface area contributed by atoms with Crippen molar-refractivity contribution in [3.8, 4) is 12.3 Å². The second kappa shape index (κ2) is 12.4. The van der Waals surface area contributed by atoms with E-state index in [0.717, 1.165) is 22.5 Å². The quantitative estimate of drug-likeness (QED) is 0.163. The summed E-state index contributed by atoms with van der Waals surface area (Å²) in [5.41, 5.74) is 1.24. The van der Waals surface area contributed by atoms with Crippen molar-refractivity contribution in [2.24, 2.45) is 0 Å². The fourth-order valence-corrected chi connectivity index (χ4v) is 3.89. The second-order valence-corrected chi connectivity index (χ2v) is 7.53. The summed E-state index contributed by atoms with van der Waals surface area (Å²) < 4.78 is 1.25. The van der Waals surface area contributed by atoms with Gasteiger partial charge in [-0.15, -0.1) is 6.42 Å². The SMILES string of the molecule is C#CC(I)[N+](CCCC)(CCCC)CCc1ccccc1Cl.[Cl-]. The van der Waals surface area contributed by atoms with Gasteiger partial charge < -0.3 is 16.9 Å². The van der Waals surface area contributed by atoms with Gasteiger partial charge in [-0.2, -0.15) is 0 Å². The highest BCUT2D eigenvalue weighted by molar-refractivity contribution is 14.1. The van der Waals surface area contributed by atoms with Gasteiger partial charge in [-0.05, 0) is 30.4 Å². The number of terminal acetylenes is 1. The maximum atomic E-state index is 6.33. The lowest BCUT2D eigenvalue weighted by molar-refractivity contribution is -0.927. The Hall–Kier alpha value is 0.0500. The summed E-state index contributed by atoms with van der Waals surface area (Å²) in [4.78, 5) is 0. The van der Waals surface area contributed by atoms with E-state index < -0.39 is 0 Å². The van der Waals surface area contributed by atoms with Crippen LogP contribution < -0.4 is 12.4 Å². The van der Waals surface area contributed by atoms with Gasteiger partial charge >= 0.3 is 0 Å². The van der Waals surface area contributed by atoms with Crippen molar-refractivity contribution >= 4 is 34.2 Å². The fraction of sp³-hybridized carbons (Fsp3) is 0.579. The third-order valence-corrected chi connectivity index (χ3v) is 6.23. The van der Waals surface area contributed by atoms with Crippen LogP contribution >= 0.6 is 34.2 Å². The number of rotatable bonds is 10. The van der Waals surface area contributed by atoms with E-state index >= 15 is 0 Å². The predicted octanol–water partition coefficient (Wildman–Crippen LogP) is 2.70. The second-order valence-electron chi connectivity index (χ2n) is 5.94. The van der Waals surface area contributed by atoms with Gasteiger partial charge in [0.05, 0.1) is 19.6 Å². The molecule has 23 heavy (non-hydrogen) atoms. The number of nitrogens with zero attached hydrogens (tertiary/aromatic N) is 1. The number of alkyl halides is 1. The van der Waals surface area contributed by atoms with E-state index in [9.17, 15) is 0 Å². The van der Waals surface area contributed by atoms with E-state index in [1.165, 1.54) is 44.3 Å². The molecular formula is C19H28Cl2IN. The minimum absolute atomic E-state index is 0. The molecule has 0 amide bonds. The summed E-state index contributed by atoms with van der Waals surface area (Å²) in [5, 5.41) is 0.872. The van der Waals surface area contributed by atoms with Crippen LogP contribution in [-0.4, -0.2) is 28.2 Å². The number of hydrogen-bond acceptors (Lipinski definition) is 0. The van der Waals surface area contributed by atoms with Gasteiger partial charge in [-0.3, -0.25) is 0 Å². The van der Waals surface area contributed by atoms with Crippen molar-refractivity contribution in [2.45, 2.75) is 50.0 Å². The van der Waals surface area contributed by atoms with Crippen LogP contribution in [0.3, 0.4) is 0 Å². The van der Waals surface area contributed by atoms with Crippen LogP contribution in [0.4, 0.5) is 0 Å². The Kier molecular flexibility index (Phi) is 12.4. The summed E-state index contributed by atoms with van der Waals surface area (Å²) in [6.45, 7) is 7.90. The molecule has 1 nitrogen and oxygen atoms in total. The first-order valence-electron chi connectivity index (χ1n) is 8.29. The molecule has 1 unspecified atom stereocenters. The van der Waals surface area contributed by atoms with Crippen molar-refractivity contribution < 1.29 is 16.9 Å². The van der Waals surface area contributed by atoms with Crippen LogP contribution in [0.5, 0.6) is 0 Å². The highest BCUT2D eigenvalue weighted by Gasteiger charge is 2.32. The molecule has 130 valence electrons. The first-order valence-corrected chi connectivity index (χ1v) is 9.91. The van der Waals surface area contributed by atoms with Gasteiger partial charge in [0.25, 0.3) is 0 Å². The Bertz CT molecular complexity index is 477. The Morgan fingerprint density at radius 2 is 1.70 bits per heavy atom. The summed E-state index contributed by atoms with van der Waals surface area (Å²) in [7, 11) is 0. The number of benzene rings is 1. The van der Waals surface area contributed by atoms with Crippen molar-refractivity contribution in [3.63, 3.8) is 0 Å². The molecule has 0 bridgehead atoms. The van der Waals surface area contributed by atoms with Crippen LogP contribution in [0.15, 0.2) is 24.3 Å². The molecule has 0 heterocycles. The van der Waals surface area contributed by atoms with Crippen LogP contribution in [0.2, 0.25) is 5.02 Å². The van der Waals surface area contributed by atoms with Gasteiger partial charge in [0.1, 0.15) is 0 Å². The Balaban J connectivity index is 0.00000484. The van der Waals surface area contributed by atoms with Crippen LogP contribution in [0.1, 0.15) is 45.1 Å². The monoisotopic (exact) mass is 467 g/mol. The Morgan fingerprint density at radius 1 is 1.13 bits per heavy atom. The van der Waals surface area contributed by atoms with Gasteiger partial charge in [-0.25, -0.2) is 0 Å². The highest BCUT2D eigenvalue weighted by Crippen LogP contribution is 2.25. The van der Waals surface area contributed by atoms with E-state index in [-0.39, 0.29) is 16.5 Å². The molecule has 0 radical (unpaired) electrons. The van der Waals surface area contributed by atoms with E-state index in [1.807, 2.05) is 12.1 Å². The molecule has 0 aliphatic carbocycles. The van der Waals surface area contributed by atoms with Gasteiger partial charge in [0.15, 0.2) is 0 Å². The molecule has 0 aliphatic rings. The van der Waals surface area contributed by atoms with Crippen molar-refractivity contribution in [2.75, 3.05) is 19.6 Å². The zero-order valence-electron chi connectivity index (χ0n) is 14.2. The van der Waals surface area contributed by atoms with E-state index in [1.54, 1.807) is 0 Å². The Morgan fingerprint density at radius 3 is 2.17 bits per heavy atom. The van der Waals surface area contributed by atoms with Crippen LogP contribution in [-0.2, 0) is 6.42 Å². The molecule has 1 rings (SSSR count). The van der Waals surface area contributed by atoms with E-state index in [2.05, 4.69) is 54.5 Å². The molecular weight excluding hydrogens is 440 g/mol. The zero-order chi connectivity index (χ0) is 16.4. The van der Waals surface area contributed by atoms with E-state index in [0.29, 0.717) is 0 Å². The molecule has 1 aromatic carbocycles. The first-order chi connectivity index (χ1) is 10.6. The highest BCUT2D eigenvalue weighted by atomic mass is 127. The number of quaternary nitrogens is 1. The lowest BCUT2D eigenvalue weighted by Gasteiger charge is -2.41. The molecule has 0 N–H and O–H groups in total. The van der Waals surface area contributed by atoms with Crippen LogP contribution in [0.25, 0.3) is 0 Å². The number of unbranched alkanes of at least 4 members (excludes halogenated alkanes) is 2. The molecule has 0 fully saturated rings. The largest absolute Gasteiger partial charge is 1.00 e. The van der Waals surface area contributed by atoms with Crippen molar-refractivity contribution in [3.05, 3.63) is 34.9 Å². The third-order valence-electron chi connectivity index (χ3n) is 4.32. The predicted molar refractivity (Wildman–Crippen MR) is 106 cm³/mol. The van der Waals surface area contributed by atoms with Crippen molar-refractivity contribution in [1.82, 2.24) is 0 Å².